The maximum Gasteiger partial charge on any atom is 0.246 e. The quantitative estimate of drug-likeness (QED) is 0.500. The molecule has 5 amide bonds. The third-order valence-electron chi connectivity index (χ3n) is 2.67. The lowest BCUT2D eigenvalue weighted by Crippen LogP contribution is -2.57. The fourth-order valence-corrected chi connectivity index (χ4v) is 1.91. The number of nitrogens with zero attached hydrogens (tertiary/aromatic N) is 2. The molecule has 0 aromatic rings. The minimum atomic E-state index is -0.544. The first kappa shape index (κ1) is 13.1. The summed E-state index contributed by atoms with van der Waals surface area (Å²) in [6, 6.07) is 0. The van der Waals surface area contributed by atoms with Gasteiger partial charge in [0.1, 0.15) is 13.1 Å². The van der Waals surface area contributed by atoms with E-state index in [1.807, 2.05) is 0 Å². The van der Waals surface area contributed by atoms with Gasteiger partial charge in [0, 0.05) is 0 Å². The topological polar surface area (TPSA) is 116 Å². The zero-order valence-electron chi connectivity index (χ0n) is 9.97. The van der Waals surface area contributed by atoms with E-state index in [0.717, 1.165) is 4.90 Å². The molecular formula is C10H12N4O5. The van der Waals surface area contributed by atoms with E-state index in [9.17, 15) is 24.0 Å². The molecule has 2 fully saturated rings. The maximum absolute atomic E-state index is 11.9. The number of imide groups is 2. The lowest BCUT2D eigenvalue weighted by molar-refractivity contribution is -0.147. The van der Waals surface area contributed by atoms with Crippen LogP contribution in [0.4, 0.5) is 0 Å². The summed E-state index contributed by atoms with van der Waals surface area (Å²) < 4.78 is 0. The van der Waals surface area contributed by atoms with E-state index in [0.29, 0.717) is 0 Å². The molecule has 0 aromatic carbocycles. The van der Waals surface area contributed by atoms with E-state index in [1.165, 1.54) is 4.90 Å². The molecule has 0 radical (unpaired) electrons. The fraction of sp³-hybridized carbons (Fsp3) is 0.500. The number of piperazine rings is 2. The summed E-state index contributed by atoms with van der Waals surface area (Å²) in [5.41, 5.74) is 0. The van der Waals surface area contributed by atoms with Crippen LogP contribution in [0.5, 0.6) is 0 Å². The Kier molecular flexibility index (Phi) is 3.56. The number of amides is 5. The van der Waals surface area contributed by atoms with Gasteiger partial charge in [-0.3, -0.25) is 39.5 Å². The van der Waals surface area contributed by atoms with Crippen molar-refractivity contribution in [1.82, 2.24) is 20.4 Å². The van der Waals surface area contributed by atoms with Gasteiger partial charge in [-0.05, 0) is 0 Å². The molecule has 2 rings (SSSR count). The Labute approximate surface area is 107 Å². The van der Waals surface area contributed by atoms with Crippen LogP contribution in [0.15, 0.2) is 0 Å². The average molecular weight is 268 g/mol. The van der Waals surface area contributed by atoms with E-state index in [4.69, 9.17) is 0 Å². The number of hydrogen-bond acceptors (Lipinski definition) is 6. The molecule has 2 heterocycles. The molecule has 2 aliphatic heterocycles. The minimum Gasteiger partial charge on any atom is -0.323 e. The van der Waals surface area contributed by atoms with Crippen molar-refractivity contribution >= 4 is 29.5 Å². The van der Waals surface area contributed by atoms with Crippen molar-refractivity contribution in [1.29, 1.82) is 0 Å². The molecule has 9 heteroatoms. The Hall–Kier alpha value is -2.29. The summed E-state index contributed by atoms with van der Waals surface area (Å²) in [7, 11) is 0. The first-order valence-corrected chi connectivity index (χ1v) is 5.59. The van der Waals surface area contributed by atoms with Crippen molar-refractivity contribution in [2.45, 2.75) is 0 Å². The van der Waals surface area contributed by atoms with E-state index >= 15 is 0 Å². The van der Waals surface area contributed by atoms with Crippen LogP contribution in [-0.2, 0) is 24.0 Å². The summed E-state index contributed by atoms with van der Waals surface area (Å²) in [6.07, 6.45) is 0. The number of hydrogen-bond donors (Lipinski definition) is 2. The number of rotatable bonds is 2. The highest BCUT2D eigenvalue weighted by Crippen LogP contribution is 2.00. The van der Waals surface area contributed by atoms with Crippen LogP contribution >= 0.6 is 0 Å². The van der Waals surface area contributed by atoms with Crippen molar-refractivity contribution in [3.63, 3.8) is 0 Å². The summed E-state index contributed by atoms with van der Waals surface area (Å²) in [4.78, 5) is 58.8. The predicted octanol–water partition coefficient (Wildman–Crippen LogP) is -3.57. The molecule has 0 unspecified atom stereocenters. The molecule has 0 saturated carbocycles. The number of nitrogens with one attached hydrogen (secondary N) is 2. The Morgan fingerprint density at radius 3 is 1.74 bits per heavy atom. The van der Waals surface area contributed by atoms with Gasteiger partial charge in [0.25, 0.3) is 0 Å². The van der Waals surface area contributed by atoms with Crippen LogP contribution in [0, 0.1) is 0 Å². The normalized spacial score (nSPS) is 21.2. The lowest BCUT2D eigenvalue weighted by Gasteiger charge is -2.29. The molecule has 102 valence electrons. The zero-order chi connectivity index (χ0) is 14.0. The summed E-state index contributed by atoms with van der Waals surface area (Å²) in [5, 5.41) is 4.19. The second-order valence-electron chi connectivity index (χ2n) is 4.34. The number of carbonyl (C=O) groups excluding carboxylic acids is 5. The fourth-order valence-electron chi connectivity index (χ4n) is 1.91. The largest absolute Gasteiger partial charge is 0.323 e. The lowest BCUT2D eigenvalue weighted by atomic mass is 10.3. The van der Waals surface area contributed by atoms with E-state index in [1.54, 1.807) is 0 Å². The summed E-state index contributed by atoms with van der Waals surface area (Å²) in [6.45, 7) is -0.701. The molecular weight excluding hydrogens is 256 g/mol. The second-order valence-corrected chi connectivity index (χ2v) is 4.34. The van der Waals surface area contributed by atoms with Crippen LogP contribution in [0.25, 0.3) is 0 Å². The van der Waals surface area contributed by atoms with Crippen molar-refractivity contribution in [3.05, 3.63) is 0 Å². The van der Waals surface area contributed by atoms with Gasteiger partial charge in [-0.15, -0.1) is 0 Å². The third kappa shape index (κ3) is 3.35. The molecule has 0 bridgehead atoms. The number of carbonyl (C=O) groups is 5. The highest BCUT2D eigenvalue weighted by Gasteiger charge is 2.29. The third-order valence-corrected chi connectivity index (χ3v) is 2.67. The van der Waals surface area contributed by atoms with Gasteiger partial charge >= 0.3 is 0 Å². The smallest absolute Gasteiger partial charge is 0.246 e. The van der Waals surface area contributed by atoms with Crippen LogP contribution in [0.1, 0.15) is 0 Å². The maximum atomic E-state index is 11.9. The van der Waals surface area contributed by atoms with Gasteiger partial charge in [0.05, 0.1) is 19.6 Å². The van der Waals surface area contributed by atoms with Crippen LogP contribution in [-0.4, -0.2) is 72.1 Å². The molecule has 0 atom stereocenters. The van der Waals surface area contributed by atoms with Crippen LogP contribution < -0.4 is 10.6 Å². The highest BCUT2D eigenvalue weighted by molar-refractivity contribution is 6.03. The molecule has 0 aromatic heterocycles. The van der Waals surface area contributed by atoms with E-state index in [2.05, 4.69) is 10.6 Å². The molecule has 0 spiro atoms. The van der Waals surface area contributed by atoms with Crippen LogP contribution in [0.3, 0.4) is 0 Å². The Bertz CT molecular complexity index is 443. The molecule has 2 aliphatic rings. The van der Waals surface area contributed by atoms with Gasteiger partial charge in [-0.25, -0.2) is 0 Å². The standard InChI is InChI=1S/C10H12N4O5/c15-6-1-13(2-7(16)11-6)5-10(19)14-3-8(17)12-9(18)4-14/h1-5H2,(H,11,15,16)(H,12,17,18). The van der Waals surface area contributed by atoms with Crippen molar-refractivity contribution in [2.75, 3.05) is 32.7 Å². The van der Waals surface area contributed by atoms with Crippen molar-refractivity contribution in [3.8, 4) is 0 Å². The average Bonchev–Trinajstić information content (AvgIpc) is 2.25. The second kappa shape index (κ2) is 5.14. The zero-order valence-corrected chi connectivity index (χ0v) is 9.97. The van der Waals surface area contributed by atoms with Crippen LogP contribution in [0.2, 0.25) is 0 Å². The SMILES string of the molecule is O=C1CN(CC(=O)N2CC(=O)NC(=O)C2)CC(=O)N1. The van der Waals surface area contributed by atoms with Crippen molar-refractivity contribution in [2.24, 2.45) is 0 Å². The molecule has 9 nitrogen and oxygen atoms in total. The Balaban J connectivity index is 1.93. The molecule has 2 saturated heterocycles. The van der Waals surface area contributed by atoms with Gasteiger partial charge in [0.2, 0.25) is 29.5 Å². The van der Waals surface area contributed by atoms with Gasteiger partial charge in [0.15, 0.2) is 0 Å². The summed E-state index contributed by atoms with van der Waals surface area (Å²) >= 11 is 0. The van der Waals surface area contributed by atoms with Gasteiger partial charge in [-0.1, -0.05) is 0 Å². The van der Waals surface area contributed by atoms with E-state index in [-0.39, 0.29) is 32.7 Å². The first-order chi connectivity index (χ1) is 8.94. The van der Waals surface area contributed by atoms with Gasteiger partial charge in [-0.2, -0.15) is 0 Å². The van der Waals surface area contributed by atoms with Crippen molar-refractivity contribution < 1.29 is 24.0 Å². The molecule has 19 heavy (non-hydrogen) atoms. The first-order valence-electron chi connectivity index (χ1n) is 5.59. The predicted molar refractivity (Wildman–Crippen MR) is 59.3 cm³/mol. The van der Waals surface area contributed by atoms with Gasteiger partial charge < -0.3 is 4.90 Å². The Morgan fingerprint density at radius 1 is 0.842 bits per heavy atom. The Morgan fingerprint density at radius 2 is 1.26 bits per heavy atom. The van der Waals surface area contributed by atoms with E-state index < -0.39 is 29.5 Å². The highest BCUT2D eigenvalue weighted by atomic mass is 16.2. The monoisotopic (exact) mass is 268 g/mol. The minimum absolute atomic E-state index is 0.0640. The molecule has 0 aliphatic carbocycles. The summed E-state index contributed by atoms with van der Waals surface area (Å²) in [5.74, 6) is -2.51. The molecule has 2 N–H and O–H groups in total.